The van der Waals surface area contributed by atoms with Crippen molar-refractivity contribution in [2.24, 2.45) is 10.7 Å². The van der Waals surface area contributed by atoms with E-state index < -0.39 is 0 Å². The summed E-state index contributed by atoms with van der Waals surface area (Å²) in [5.74, 6) is 0.448. The number of hydrogen-bond donors (Lipinski definition) is 3. The third-order valence-electron chi connectivity index (χ3n) is 2.14. The molecular weight excluding hydrogens is 154 g/mol. The van der Waals surface area contributed by atoms with E-state index in [0.29, 0.717) is 12.5 Å². The van der Waals surface area contributed by atoms with Crippen molar-refractivity contribution in [2.45, 2.75) is 38.3 Å². The molecule has 1 aliphatic rings. The van der Waals surface area contributed by atoms with Gasteiger partial charge in [-0.05, 0) is 26.2 Å². The lowest BCUT2D eigenvalue weighted by Gasteiger charge is -2.16. The molecule has 2 atom stereocenters. The van der Waals surface area contributed by atoms with Crippen molar-refractivity contribution >= 4 is 5.96 Å². The Morgan fingerprint density at radius 3 is 2.92 bits per heavy atom. The second kappa shape index (κ2) is 4.30. The molecule has 12 heavy (non-hydrogen) atoms. The molecule has 1 saturated carbocycles. The number of aliphatic hydroxyl groups is 1. The van der Waals surface area contributed by atoms with Crippen LogP contribution >= 0.6 is 0 Å². The molecule has 0 heterocycles. The van der Waals surface area contributed by atoms with Crippen LogP contribution < -0.4 is 11.1 Å². The highest BCUT2D eigenvalue weighted by Gasteiger charge is 2.24. The average Bonchev–Trinajstić information content (AvgIpc) is 2.37. The smallest absolute Gasteiger partial charge is 0.188 e. The molecule has 0 aromatic carbocycles. The van der Waals surface area contributed by atoms with Crippen LogP contribution in [0.5, 0.6) is 0 Å². The van der Waals surface area contributed by atoms with E-state index in [-0.39, 0.29) is 12.1 Å². The molecule has 4 nitrogen and oxygen atoms in total. The lowest BCUT2D eigenvalue weighted by atomic mass is 10.2. The van der Waals surface area contributed by atoms with Crippen LogP contribution in [0.1, 0.15) is 26.2 Å². The second-order valence-corrected chi connectivity index (χ2v) is 3.11. The third-order valence-corrected chi connectivity index (χ3v) is 2.14. The number of guanidine groups is 1. The maximum absolute atomic E-state index is 9.43. The van der Waals surface area contributed by atoms with Crippen molar-refractivity contribution < 1.29 is 5.11 Å². The van der Waals surface area contributed by atoms with Crippen LogP contribution in [0.2, 0.25) is 0 Å². The van der Waals surface area contributed by atoms with Crippen molar-refractivity contribution in [2.75, 3.05) is 6.54 Å². The van der Waals surface area contributed by atoms with E-state index in [0.717, 1.165) is 19.3 Å². The fourth-order valence-corrected chi connectivity index (χ4v) is 1.51. The van der Waals surface area contributed by atoms with Crippen LogP contribution in [0.4, 0.5) is 0 Å². The minimum absolute atomic E-state index is 0.111. The van der Waals surface area contributed by atoms with Gasteiger partial charge in [-0.2, -0.15) is 0 Å². The third kappa shape index (κ3) is 2.37. The van der Waals surface area contributed by atoms with E-state index >= 15 is 0 Å². The summed E-state index contributed by atoms with van der Waals surface area (Å²) >= 11 is 0. The quantitative estimate of drug-likeness (QED) is 0.399. The standard InChI is InChI=1S/C8H17N3O/c1-2-10-8(9)11-6-4-3-5-7(6)12/h6-7,12H,2-5H2,1H3,(H3,9,10,11). The first-order valence-electron chi connectivity index (χ1n) is 4.48. The van der Waals surface area contributed by atoms with E-state index in [1.165, 1.54) is 0 Å². The van der Waals surface area contributed by atoms with Gasteiger partial charge in [-0.1, -0.05) is 0 Å². The maximum Gasteiger partial charge on any atom is 0.188 e. The van der Waals surface area contributed by atoms with Crippen molar-refractivity contribution in [1.82, 2.24) is 5.32 Å². The van der Waals surface area contributed by atoms with Crippen LogP contribution in [0.3, 0.4) is 0 Å². The van der Waals surface area contributed by atoms with Gasteiger partial charge in [-0.3, -0.25) is 4.99 Å². The molecule has 0 aromatic rings. The van der Waals surface area contributed by atoms with Gasteiger partial charge < -0.3 is 16.2 Å². The minimum Gasteiger partial charge on any atom is -0.391 e. The number of aliphatic imine (C=N–C) groups is 1. The lowest BCUT2D eigenvalue weighted by molar-refractivity contribution is 0.157. The summed E-state index contributed by atoms with van der Waals surface area (Å²) in [6.07, 6.45) is 2.67. The van der Waals surface area contributed by atoms with Crippen molar-refractivity contribution in [3.8, 4) is 0 Å². The summed E-state index contributed by atoms with van der Waals surface area (Å²) in [5, 5.41) is 12.4. The summed E-state index contributed by atoms with van der Waals surface area (Å²) in [6, 6.07) is 0.111. The lowest BCUT2D eigenvalue weighted by Crippen LogP contribution is -2.43. The molecule has 4 heteroatoms. The van der Waals surface area contributed by atoms with E-state index in [2.05, 4.69) is 10.3 Å². The van der Waals surface area contributed by atoms with Crippen LogP contribution in [0, 0.1) is 0 Å². The summed E-state index contributed by atoms with van der Waals surface area (Å²) < 4.78 is 0. The SMILES string of the molecule is CCN=C(N)NC1CCCC1O. The number of hydrogen-bond acceptors (Lipinski definition) is 2. The molecule has 1 fully saturated rings. The zero-order valence-electron chi connectivity index (χ0n) is 7.45. The number of nitrogens with zero attached hydrogens (tertiary/aromatic N) is 1. The molecule has 70 valence electrons. The van der Waals surface area contributed by atoms with Gasteiger partial charge in [0.15, 0.2) is 5.96 Å². The number of nitrogens with two attached hydrogens (primary N) is 1. The fraction of sp³-hybridized carbons (Fsp3) is 0.875. The summed E-state index contributed by atoms with van der Waals surface area (Å²) in [6.45, 7) is 2.61. The van der Waals surface area contributed by atoms with Gasteiger partial charge in [-0.15, -0.1) is 0 Å². The monoisotopic (exact) mass is 171 g/mol. The highest BCUT2D eigenvalue weighted by Crippen LogP contribution is 2.18. The Morgan fingerprint density at radius 2 is 2.42 bits per heavy atom. The number of nitrogens with one attached hydrogen (secondary N) is 1. The van der Waals surface area contributed by atoms with Gasteiger partial charge in [-0.25, -0.2) is 0 Å². The highest BCUT2D eigenvalue weighted by molar-refractivity contribution is 5.78. The van der Waals surface area contributed by atoms with Gasteiger partial charge in [0.25, 0.3) is 0 Å². The summed E-state index contributed by atoms with van der Waals surface area (Å²) in [4.78, 5) is 3.99. The summed E-state index contributed by atoms with van der Waals surface area (Å²) in [5.41, 5.74) is 5.55. The largest absolute Gasteiger partial charge is 0.391 e. The molecule has 0 spiro atoms. The first-order chi connectivity index (χ1) is 5.74. The van der Waals surface area contributed by atoms with Gasteiger partial charge in [0, 0.05) is 6.54 Å². The van der Waals surface area contributed by atoms with E-state index in [9.17, 15) is 5.11 Å². The summed E-state index contributed by atoms with van der Waals surface area (Å²) in [7, 11) is 0. The van der Waals surface area contributed by atoms with Gasteiger partial charge in [0.05, 0.1) is 12.1 Å². The normalized spacial score (nSPS) is 30.7. The van der Waals surface area contributed by atoms with Crippen molar-refractivity contribution in [3.63, 3.8) is 0 Å². The molecule has 1 aliphatic carbocycles. The van der Waals surface area contributed by atoms with Gasteiger partial charge >= 0.3 is 0 Å². The van der Waals surface area contributed by atoms with Gasteiger partial charge in [0.1, 0.15) is 0 Å². The maximum atomic E-state index is 9.43. The second-order valence-electron chi connectivity index (χ2n) is 3.11. The zero-order chi connectivity index (χ0) is 8.97. The first-order valence-corrected chi connectivity index (χ1v) is 4.48. The fourth-order valence-electron chi connectivity index (χ4n) is 1.51. The van der Waals surface area contributed by atoms with Gasteiger partial charge in [0.2, 0.25) is 0 Å². The Labute approximate surface area is 72.9 Å². The Balaban J connectivity index is 2.34. The molecule has 0 aromatic heterocycles. The Morgan fingerprint density at radius 1 is 1.67 bits per heavy atom. The molecule has 0 bridgehead atoms. The van der Waals surface area contributed by atoms with Crippen LogP contribution in [0.25, 0.3) is 0 Å². The highest BCUT2D eigenvalue weighted by atomic mass is 16.3. The number of rotatable bonds is 2. The van der Waals surface area contributed by atoms with Crippen LogP contribution in [-0.4, -0.2) is 29.8 Å². The van der Waals surface area contributed by atoms with Crippen LogP contribution in [-0.2, 0) is 0 Å². The minimum atomic E-state index is -0.254. The molecule has 2 unspecified atom stereocenters. The average molecular weight is 171 g/mol. The molecular formula is C8H17N3O. The zero-order valence-corrected chi connectivity index (χ0v) is 7.45. The predicted molar refractivity (Wildman–Crippen MR) is 48.9 cm³/mol. The Hall–Kier alpha value is -0.770. The molecule has 0 aliphatic heterocycles. The molecule has 1 rings (SSSR count). The Kier molecular flexibility index (Phi) is 3.34. The predicted octanol–water partition coefficient (Wildman–Crippen LogP) is -0.176. The van der Waals surface area contributed by atoms with Crippen LogP contribution in [0.15, 0.2) is 4.99 Å². The van der Waals surface area contributed by atoms with E-state index in [1.54, 1.807) is 0 Å². The van der Waals surface area contributed by atoms with Crippen molar-refractivity contribution in [3.05, 3.63) is 0 Å². The molecule has 0 amide bonds. The topological polar surface area (TPSA) is 70.6 Å². The molecule has 0 saturated heterocycles. The first kappa shape index (κ1) is 9.32. The molecule has 0 radical (unpaired) electrons. The van der Waals surface area contributed by atoms with E-state index in [4.69, 9.17) is 5.73 Å². The van der Waals surface area contributed by atoms with Crippen molar-refractivity contribution in [1.29, 1.82) is 0 Å². The Bertz CT molecular complexity index is 170. The number of aliphatic hydroxyl groups excluding tert-OH is 1. The van der Waals surface area contributed by atoms with E-state index in [1.807, 2.05) is 6.92 Å². The molecule has 4 N–H and O–H groups in total.